The van der Waals surface area contributed by atoms with Crippen molar-refractivity contribution in [2.24, 2.45) is 0 Å². The molecule has 0 spiro atoms. The fraction of sp³-hybridized carbons (Fsp3) is 0.400. The maximum absolute atomic E-state index is 12.6. The van der Waals surface area contributed by atoms with E-state index in [1.54, 1.807) is 40.5 Å². The van der Waals surface area contributed by atoms with Gasteiger partial charge in [0.15, 0.2) is 11.8 Å². The Hall–Kier alpha value is -1.73. The van der Waals surface area contributed by atoms with Crippen LogP contribution in [0.15, 0.2) is 36.4 Å². The number of nitrogens with one attached hydrogen (secondary N) is 3. The number of amides is 1. The number of hydrogen-bond donors (Lipinski definition) is 3. The minimum atomic E-state index is -0.102. The molecule has 3 rings (SSSR count). The van der Waals surface area contributed by atoms with E-state index < -0.39 is 0 Å². The number of piperazine rings is 1. The fourth-order valence-electron chi connectivity index (χ4n) is 3.45. The minimum Gasteiger partial charge on any atom is -0.321 e. The standard InChI is InChI=1S/C20H24ClN3O2S/c1-14(20(26)22-17-5-3-16(4-6-17)15(2)25)24-11-9-23(10-12-24)13-18-7-8-19(21)27-18/h3-8,14H,9-13H2,1-2H3,(H,22,26)/p+2/t14-/m1/s1. The van der Waals surface area contributed by atoms with Crippen molar-refractivity contribution in [3.8, 4) is 0 Å². The lowest BCUT2D eigenvalue weighted by atomic mass is 10.1. The Bertz CT molecular complexity index is 798. The van der Waals surface area contributed by atoms with Gasteiger partial charge in [-0.1, -0.05) is 11.6 Å². The van der Waals surface area contributed by atoms with Crippen LogP contribution >= 0.6 is 22.9 Å². The number of quaternary nitrogens is 2. The molecule has 2 aromatic rings. The van der Waals surface area contributed by atoms with Crippen LogP contribution in [-0.4, -0.2) is 43.9 Å². The highest BCUT2D eigenvalue weighted by Crippen LogP contribution is 2.20. The molecule has 27 heavy (non-hydrogen) atoms. The van der Waals surface area contributed by atoms with Crippen molar-refractivity contribution in [3.63, 3.8) is 0 Å². The smallest absolute Gasteiger partial charge is 0.282 e. The molecule has 0 unspecified atom stereocenters. The highest BCUT2D eigenvalue weighted by atomic mass is 35.5. The summed E-state index contributed by atoms with van der Waals surface area (Å²) in [6, 6.07) is 11.0. The summed E-state index contributed by atoms with van der Waals surface area (Å²) in [5, 5.41) is 2.97. The van der Waals surface area contributed by atoms with Crippen molar-refractivity contribution in [2.45, 2.75) is 26.4 Å². The average molecular weight is 408 g/mol. The number of carbonyl (C=O) groups is 2. The zero-order chi connectivity index (χ0) is 19.4. The molecule has 0 bridgehead atoms. The third-order valence-corrected chi connectivity index (χ3v) is 6.45. The first-order valence-corrected chi connectivity index (χ1v) is 10.5. The van der Waals surface area contributed by atoms with Crippen LogP contribution in [0.2, 0.25) is 4.34 Å². The first kappa shape index (κ1) is 20.0. The van der Waals surface area contributed by atoms with Gasteiger partial charge >= 0.3 is 0 Å². The van der Waals surface area contributed by atoms with E-state index in [1.807, 2.05) is 13.0 Å². The van der Waals surface area contributed by atoms with Gasteiger partial charge in [-0.05, 0) is 50.2 Å². The van der Waals surface area contributed by atoms with Crippen LogP contribution < -0.4 is 15.1 Å². The first-order valence-electron chi connectivity index (χ1n) is 9.26. The molecular weight excluding hydrogens is 382 g/mol. The van der Waals surface area contributed by atoms with E-state index in [4.69, 9.17) is 11.6 Å². The number of halogens is 1. The lowest BCUT2D eigenvalue weighted by Gasteiger charge is -2.32. The van der Waals surface area contributed by atoms with Gasteiger partial charge in [-0.2, -0.15) is 0 Å². The summed E-state index contributed by atoms with van der Waals surface area (Å²) in [6.45, 7) is 8.59. The number of anilines is 1. The third kappa shape index (κ3) is 5.39. The van der Waals surface area contributed by atoms with Gasteiger partial charge in [-0.3, -0.25) is 9.59 Å². The number of carbonyl (C=O) groups excluding carboxylic acids is 2. The molecule has 1 fully saturated rings. The van der Waals surface area contributed by atoms with Crippen LogP contribution in [0.25, 0.3) is 0 Å². The molecule has 0 saturated carbocycles. The molecule has 5 nitrogen and oxygen atoms in total. The fourth-order valence-corrected chi connectivity index (χ4v) is 4.61. The van der Waals surface area contributed by atoms with E-state index in [0.717, 1.165) is 42.7 Å². The lowest BCUT2D eigenvalue weighted by molar-refractivity contribution is -1.02. The number of Topliss-reactive ketones (excluding diaryl/α,β-unsaturated/α-hetero) is 1. The first-order chi connectivity index (χ1) is 12.9. The van der Waals surface area contributed by atoms with Gasteiger partial charge in [-0.15, -0.1) is 11.3 Å². The predicted molar refractivity (Wildman–Crippen MR) is 109 cm³/mol. The maximum Gasteiger partial charge on any atom is 0.282 e. The molecular formula is C20H26ClN3O2S+2. The molecule has 2 heterocycles. The van der Waals surface area contributed by atoms with Crippen molar-refractivity contribution < 1.29 is 19.4 Å². The van der Waals surface area contributed by atoms with Crippen LogP contribution in [0.4, 0.5) is 5.69 Å². The topological polar surface area (TPSA) is 55.0 Å². The van der Waals surface area contributed by atoms with E-state index in [1.165, 1.54) is 16.7 Å². The molecule has 3 N–H and O–H groups in total. The summed E-state index contributed by atoms with van der Waals surface area (Å²) in [7, 11) is 0. The van der Waals surface area contributed by atoms with Gasteiger partial charge in [-0.25, -0.2) is 0 Å². The summed E-state index contributed by atoms with van der Waals surface area (Å²) in [5.41, 5.74) is 1.38. The van der Waals surface area contributed by atoms with E-state index in [2.05, 4.69) is 11.4 Å². The molecule has 0 radical (unpaired) electrons. The molecule has 1 amide bonds. The second kappa shape index (κ2) is 8.97. The zero-order valence-corrected chi connectivity index (χ0v) is 17.3. The second-order valence-corrected chi connectivity index (χ2v) is 8.93. The Balaban J connectivity index is 1.48. The molecule has 1 atom stereocenters. The number of ketones is 1. The summed E-state index contributed by atoms with van der Waals surface area (Å²) < 4.78 is 0.843. The largest absolute Gasteiger partial charge is 0.321 e. The molecule has 1 saturated heterocycles. The van der Waals surface area contributed by atoms with Crippen LogP contribution in [0.3, 0.4) is 0 Å². The van der Waals surface area contributed by atoms with Crippen molar-refractivity contribution in [1.29, 1.82) is 0 Å². The molecule has 7 heteroatoms. The van der Waals surface area contributed by atoms with Gasteiger partial charge < -0.3 is 15.1 Å². The van der Waals surface area contributed by atoms with Gasteiger partial charge in [0.05, 0.1) is 9.21 Å². The van der Waals surface area contributed by atoms with Crippen LogP contribution in [0.1, 0.15) is 29.1 Å². The molecule has 144 valence electrons. The normalized spacial score (nSPS) is 20.9. The van der Waals surface area contributed by atoms with Crippen LogP contribution in [-0.2, 0) is 11.3 Å². The summed E-state index contributed by atoms with van der Waals surface area (Å²) in [4.78, 5) is 28.1. The molecule has 1 aliphatic heterocycles. The van der Waals surface area contributed by atoms with Crippen LogP contribution in [0.5, 0.6) is 0 Å². The lowest BCUT2D eigenvalue weighted by Crippen LogP contribution is -3.29. The van der Waals surface area contributed by atoms with Gasteiger partial charge in [0.1, 0.15) is 32.7 Å². The molecule has 1 aromatic carbocycles. The van der Waals surface area contributed by atoms with Crippen molar-refractivity contribution in [1.82, 2.24) is 0 Å². The van der Waals surface area contributed by atoms with Gasteiger partial charge in [0, 0.05) is 11.3 Å². The van der Waals surface area contributed by atoms with Crippen molar-refractivity contribution in [2.75, 3.05) is 31.5 Å². The van der Waals surface area contributed by atoms with E-state index in [0.29, 0.717) is 5.56 Å². The summed E-state index contributed by atoms with van der Waals surface area (Å²) >= 11 is 7.66. The number of benzene rings is 1. The van der Waals surface area contributed by atoms with Gasteiger partial charge in [0.2, 0.25) is 0 Å². The van der Waals surface area contributed by atoms with Gasteiger partial charge in [0.25, 0.3) is 5.91 Å². The average Bonchev–Trinajstić information content (AvgIpc) is 3.07. The van der Waals surface area contributed by atoms with E-state index >= 15 is 0 Å². The maximum atomic E-state index is 12.6. The third-order valence-electron chi connectivity index (χ3n) is 5.22. The van der Waals surface area contributed by atoms with E-state index in [9.17, 15) is 9.59 Å². The Labute approximate surface area is 168 Å². The Morgan fingerprint density at radius 3 is 2.33 bits per heavy atom. The molecule has 1 aromatic heterocycles. The predicted octanol–water partition coefficient (Wildman–Crippen LogP) is 0.915. The number of thiophene rings is 1. The SMILES string of the molecule is CC(=O)c1ccc(NC(=O)[C@@H](C)[NH+]2CC[NH+](Cc3ccc(Cl)s3)CC2)cc1. The monoisotopic (exact) mass is 407 g/mol. The molecule has 1 aliphatic rings. The zero-order valence-electron chi connectivity index (χ0n) is 15.7. The van der Waals surface area contributed by atoms with Crippen molar-refractivity contribution in [3.05, 3.63) is 51.2 Å². The van der Waals surface area contributed by atoms with Crippen molar-refractivity contribution >= 4 is 40.3 Å². The Morgan fingerprint density at radius 1 is 1.11 bits per heavy atom. The Morgan fingerprint density at radius 2 is 1.78 bits per heavy atom. The highest BCUT2D eigenvalue weighted by molar-refractivity contribution is 7.16. The van der Waals surface area contributed by atoms with Crippen LogP contribution in [0, 0.1) is 0 Å². The quantitative estimate of drug-likeness (QED) is 0.623. The summed E-state index contributed by atoms with van der Waals surface area (Å²) in [5.74, 6) is 0.0462. The Kier molecular flexibility index (Phi) is 6.65. The van der Waals surface area contributed by atoms with E-state index in [-0.39, 0.29) is 17.7 Å². The minimum absolute atomic E-state index is 0.0223. The second-order valence-electron chi connectivity index (χ2n) is 7.14. The number of rotatable bonds is 6. The highest BCUT2D eigenvalue weighted by Gasteiger charge is 2.31. The summed E-state index contributed by atoms with van der Waals surface area (Å²) in [6.07, 6.45) is 0. The molecule has 0 aliphatic carbocycles. The number of hydrogen-bond acceptors (Lipinski definition) is 3.